The van der Waals surface area contributed by atoms with E-state index in [2.05, 4.69) is 22.9 Å². The highest BCUT2D eigenvalue weighted by atomic mass is 16.5. The number of aliphatic hydroxyl groups is 6. The molecular weight excluding hydrogens is 652 g/mol. The highest BCUT2D eigenvalue weighted by molar-refractivity contribution is 6.00. The zero-order valence-electron chi connectivity index (χ0n) is 31.3. The van der Waals surface area contributed by atoms with Gasteiger partial charge >= 0.3 is 0 Å². The number of ether oxygens (including phenoxy) is 1. The van der Waals surface area contributed by atoms with E-state index in [1.165, 1.54) is 0 Å². The number of allylic oxidation sites excluding steroid dienone is 3. The number of hydrogen-bond acceptors (Lipinski definition) is 12. The summed E-state index contributed by atoms with van der Waals surface area (Å²) in [5.41, 5.74) is 2.95. The van der Waals surface area contributed by atoms with Gasteiger partial charge < -0.3 is 57.1 Å². The lowest BCUT2D eigenvalue weighted by Crippen LogP contribution is -2.68. The Morgan fingerprint density at radius 2 is 1.92 bits per heavy atom. The number of fused-ring (bicyclic) bond motifs is 5. The topological polar surface area (TPSA) is 210 Å². The van der Waals surface area contributed by atoms with Crippen molar-refractivity contribution in [1.29, 1.82) is 0 Å². The molecule has 4 aliphatic carbocycles. The first-order valence-electron chi connectivity index (χ1n) is 19.3. The van der Waals surface area contributed by atoms with E-state index in [1.807, 2.05) is 39.2 Å². The van der Waals surface area contributed by atoms with Gasteiger partial charge in [0.1, 0.15) is 6.10 Å². The van der Waals surface area contributed by atoms with Crippen molar-refractivity contribution in [3.63, 3.8) is 0 Å². The lowest BCUT2D eigenvalue weighted by molar-refractivity contribution is -0.204. The number of aliphatic hydroxyl groups excluding tert-OH is 4. The van der Waals surface area contributed by atoms with E-state index in [4.69, 9.17) is 10.5 Å². The molecule has 16 unspecified atom stereocenters. The molecule has 0 aromatic heterocycles. The quantitative estimate of drug-likeness (QED) is 0.144. The molecule has 2 heterocycles. The van der Waals surface area contributed by atoms with Gasteiger partial charge in [-0.1, -0.05) is 26.8 Å². The minimum atomic E-state index is -1.62. The largest absolute Gasteiger partial charge is 0.392 e. The third-order valence-corrected chi connectivity index (χ3v) is 14.6. The average Bonchev–Trinajstić information content (AvgIpc) is 3.55. The number of hydrogen-bond donors (Lipinski definition) is 10. The molecule has 0 aromatic rings. The molecule has 6 rings (SSSR count). The van der Waals surface area contributed by atoms with Crippen LogP contribution in [0.1, 0.15) is 79.6 Å². The molecular formula is C39H64N4O8. The van der Waals surface area contributed by atoms with E-state index in [0.29, 0.717) is 44.4 Å². The Labute approximate surface area is 303 Å². The monoisotopic (exact) mass is 716 g/mol. The van der Waals surface area contributed by atoms with E-state index in [1.54, 1.807) is 13.8 Å². The third-order valence-electron chi connectivity index (χ3n) is 14.6. The Morgan fingerprint density at radius 1 is 1.20 bits per heavy atom. The van der Waals surface area contributed by atoms with Gasteiger partial charge in [0.15, 0.2) is 5.78 Å². The fraction of sp³-hybridized carbons (Fsp3) is 0.821. The van der Waals surface area contributed by atoms with Crippen molar-refractivity contribution in [2.45, 2.75) is 127 Å². The second-order valence-corrected chi connectivity index (χ2v) is 17.7. The van der Waals surface area contributed by atoms with Gasteiger partial charge in [-0.15, -0.1) is 0 Å². The molecule has 3 saturated carbocycles. The van der Waals surface area contributed by atoms with Crippen molar-refractivity contribution in [2.24, 2.45) is 52.1 Å². The number of carbonyl (C=O) groups excluding carboxylic acids is 1. The number of nitrogens with two attached hydrogens (primary N) is 1. The van der Waals surface area contributed by atoms with Crippen LogP contribution in [0.4, 0.5) is 0 Å². The molecule has 288 valence electrons. The maximum Gasteiger partial charge on any atom is 0.182 e. The van der Waals surface area contributed by atoms with Crippen LogP contribution < -0.4 is 21.7 Å². The van der Waals surface area contributed by atoms with Crippen LogP contribution in [0.3, 0.4) is 0 Å². The summed E-state index contributed by atoms with van der Waals surface area (Å²) in [7, 11) is 1.88. The van der Waals surface area contributed by atoms with Crippen molar-refractivity contribution >= 4 is 5.78 Å². The predicted molar refractivity (Wildman–Crippen MR) is 192 cm³/mol. The smallest absolute Gasteiger partial charge is 0.182 e. The first kappa shape index (κ1) is 38.8. The molecule has 0 spiro atoms. The minimum absolute atomic E-state index is 0.0345. The molecule has 1 saturated heterocycles. The molecule has 11 N–H and O–H groups in total. The summed E-state index contributed by atoms with van der Waals surface area (Å²) in [6.07, 6.45) is 3.39. The first-order valence-corrected chi connectivity index (χ1v) is 19.3. The van der Waals surface area contributed by atoms with E-state index < -0.39 is 64.4 Å². The number of carbonyl (C=O) groups is 1. The van der Waals surface area contributed by atoms with Gasteiger partial charge in [0.2, 0.25) is 0 Å². The van der Waals surface area contributed by atoms with Crippen molar-refractivity contribution < 1.29 is 40.2 Å². The Kier molecular flexibility index (Phi) is 10.7. The van der Waals surface area contributed by atoms with E-state index in [0.717, 1.165) is 5.57 Å². The molecule has 6 aliphatic rings. The zero-order valence-corrected chi connectivity index (χ0v) is 31.3. The lowest BCUT2D eigenvalue weighted by Gasteiger charge is -2.65. The second kappa shape index (κ2) is 14.1. The Balaban J connectivity index is 1.50. The van der Waals surface area contributed by atoms with Crippen LogP contribution in [-0.4, -0.2) is 111 Å². The van der Waals surface area contributed by atoms with Gasteiger partial charge in [-0.2, -0.15) is 0 Å². The van der Waals surface area contributed by atoms with Gasteiger partial charge in [0.25, 0.3) is 0 Å². The van der Waals surface area contributed by atoms with Crippen molar-refractivity contribution in [1.82, 2.24) is 16.0 Å². The van der Waals surface area contributed by atoms with Gasteiger partial charge in [-0.05, 0) is 125 Å². The number of nitrogens with one attached hydrogen (secondary N) is 3. The first-order chi connectivity index (χ1) is 23.9. The molecule has 12 heteroatoms. The Bertz CT molecular complexity index is 1420. The zero-order chi connectivity index (χ0) is 37.3. The van der Waals surface area contributed by atoms with Gasteiger partial charge in [-0.3, -0.25) is 4.79 Å². The SMILES string of the molecule is CNCC1CC2(C)C(C(C)(O)C(O)C3OCC(C)C3C)CCC2(O)C2=C(NCC(C)O)C(=O)C3CC(O)C(O)CC3(CCC3=CNC(N)C=C3)C21. The minimum Gasteiger partial charge on any atom is -0.392 e. The predicted octanol–water partition coefficient (Wildman–Crippen LogP) is 0.806. The van der Waals surface area contributed by atoms with E-state index >= 15 is 4.79 Å². The summed E-state index contributed by atoms with van der Waals surface area (Å²) >= 11 is 0. The van der Waals surface area contributed by atoms with Crippen LogP contribution in [0.25, 0.3) is 0 Å². The molecule has 0 radical (unpaired) electrons. The molecule has 0 bridgehead atoms. The van der Waals surface area contributed by atoms with Crippen molar-refractivity contribution in [3.8, 4) is 0 Å². The van der Waals surface area contributed by atoms with Crippen LogP contribution in [-0.2, 0) is 9.53 Å². The van der Waals surface area contributed by atoms with Crippen LogP contribution in [0.5, 0.6) is 0 Å². The van der Waals surface area contributed by atoms with Crippen molar-refractivity contribution in [3.05, 3.63) is 35.2 Å². The highest BCUT2D eigenvalue weighted by Gasteiger charge is 2.73. The summed E-state index contributed by atoms with van der Waals surface area (Å²) in [5, 5.41) is 80.5. The fourth-order valence-corrected chi connectivity index (χ4v) is 11.7. The molecule has 2 aliphatic heterocycles. The summed E-state index contributed by atoms with van der Waals surface area (Å²) in [6, 6.07) is 0. The van der Waals surface area contributed by atoms with Gasteiger partial charge in [-0.25, -0.2) is 0 Å². The molecule has 0 amide bonds. The summed E-state index contributed by atoms with van der Waals surface area (Å²) in [4.78, 5) is 15.0. The van der Waals surface area contributed by atoms with Crippen molar-refractivity contribution in [2.75, 3.05) is 26.7 Å². The second-order valence-electron chi connectivity index (χ2n) is 17.7. The molecule has 51 heavy (non-hydrogen) atoms. The number of dihydropyridines is 1. The number of Topliss-reactive ketones (excluding diaryl/α,β-unsaturated/α-hetero) is 1. The summed E-state index contributed by atoms with van der Waals surface area (Å²) in [5.74, 6) is -1.66. The fourth-order valence-electron chi connectivity index (χ4n) is 11.7. The number of ketones is 1. The Morgan fingerprint density at radius 3 is 2.53 bits per heavy atom. The van der Waals surface area contributed by atoms with E-state index in [-0.39, 0.29) is 67.1 Å². The maximum absolute atomic E-state index is 15.0. The van der Waals surface area contributed by atoms with Gasteiger partial charge in [0, 0.05) is 30.7 Å². The molecule has 12 nitrogen and oxygen atoms in total. The average molecular weight is 717 g/mol. The van der Waals surface area contributed by atoms with Crippen LogP contribution in [0.15, 0.2) is 35.2 Å². The van der Waals surface area contributed by atoms with Crippen LogP contribution in [0.2, 0.25) is 0 Å². The van der Waals surface area contributed by atoms with Crippen LogP contribution in [0, 0.1) is 46.3 Å². The Hall–Kier alpha value is -1.87. The highest BCUT2D eigenvalue weighted by Crippen LogP contribution is 2.71. The van der Waals surface area contributed by atoms with E-state index in [9.17, 15) is 30.6 Å². The third kappa shape index (κ3) is 6.24. The standard InChI is InChI=1S/C39H64N4O8/c1-20-19-51-34(22(20)3)35(48)37(5,49)28-10-12-39(50)31-30(24(18-41-6)14-36(28,39)4)38(11-9-23-7-8-29(40)42-17-23)15-27(46)26(45)13-25(38)33(47)32(31)43-16-21(2)44/h7-8,17,20-22,24-30,34-35,41-46,48-50H,9-16,18-19,40H2,1-6H3. The summed E-state index contributed by atoms with van der Waals surface area (Å²) < 4.78 is 6.05. The molecule has 16 atom stereocenters. The molecule has 0 aromatic carbocycles. The normalized spacial score (nSPS) is 46.0. The summed E-state index contributed by atoms with van der Waals surface area (Å²) in [6.45, 7) is 10.6. The number of rotatable bonds is 11. The lowest BCUT2D eigenvalue weighted by atomic mass is 9.41. The maximum atomic E-state index is 15.0. The molecule has 4 fully saturated rings. The van der Waals surface area contributed by atoms with Gasteiger partial charge in [0.05, 0.1) is 47.5 Å². The van der Waals surface area contributed by atoms with Crippen LogP contribution >= 0.6 is 0 Å².